The number of nitrogens with zero attached hydrogens (tertiary/aromatic N) is 1. The van der Waals surface area contributed by atoms with Crippen LogP contribution >= 0.6 is 0 Å². The highest BCUT2D eigenvalue weighted by atomic mass is 16.5. The van der Waals surface area contributed by atoms with Crippen molar-refractivity contribution in [1.29, 1.82) is 0 Å². The number of aliphatic hydroxyl groups is 1. The zero-order valence-electron chi connectivity index (χ0n) is 8.45. The quantitative estimate of drug-likeness (QED) is 0.776. The largest absolute Gasteiger partial charge is 0.475 e. The molecule has 1 aromatic rings. The van der Waals surface area contributed by atoms with E-state index in [1.165, 1.54) is 0 Å². The van der Waals surface area contributed by atoms with Crippen molar-refractivity contribution < 1.29 is 9.84 Å². The average Bonchev–Trinajstić information content (AvgIpc) is 2.20. The minimum Gasteiger partial charge on any atom is -0.475 e. The van der Waals surface area contributed by atoms with Crippen LogP contribution in [0, 0.1) is 6.92 Å². The zero-order valence-corrected chi connectivity index (χ0v) is 8.45. The van der Waals surface area contributed by atoms with Crippen LogP contribution in [0.25, 0.3) is 0 Å². The Morgan fingerprint density at radius 3 is 2.54 bits per heavy atom. The lowest BCUT2D eigenvalue weighted by Crippen LogP contribution is -2.02. The number of aromatic nitrogens is 1. The van der Waals surface area contributed by atoms with Crippen molar-refractivity contribution in [2.24, 2.45) is 0 Å². The number of hydrogen-bond acceptors (Lipinski definition) is 3. The monoisotopic (exact) mass is 183 g/mol. The molecule has 0 saturated carbocycles. The minimum atomic E-state index is 0.0234. The van der Waals surface area contributed by atoms with Gasteiger partial charge in [0.25, 0.3) is 0 Å². The van der Waals surface area contributed by atoms with Gasteiger partial charge in [-0.2, -0.15) is 0 Å². The topological polar surface area (TPSA) is 42.4 Å². The Morgan fingerprint density at radius 2 is 2.08 bits per heavy atom. The Bertz CT molecular complexity index is 209. The van der Waals surface area contributed by atoms with Crippen LogP contribution in [-0.4, -0.2) is 23.3 Å². The highest BCUT2D eigenvalue weighted by Crippen LogP contribution is 2.05. The molecule has 3 nitrogen and oxygen atoms in total. The molecule has 13 heavy (non-hydrogen) atoms. The zero-order chi connectivity index (χ0) is 10.1. The number of aliphatic hydroxyl groups excluding tert-OH is 1. The summed E-state index contributed by atoms with van der Waals surface area (Å²) in [5, 5.41) is 8.43. The second-order valence-electron chi connectivity index (χ2n) is 2.25. The SMILES string of the molecule is CC.Cc1ccc(OCCO)nc1. The van der Waals surface area contributed by atoms with Crippen molar-refractivity contribution in [3.63, 3.8) is 0 Å². The normalized spacial score (nSPS) is 8.62. The number of aryl methyl sites for hydroxylation is 1. The summed E-state index contributed by atoms with van der Waals surface area (Å²) in [6.45, 7) is 6.29. The second kappa shape index (κ2) is 7.55. The highest BCUT2D eigenvalue weighted by Gasteiger charge is 1.91. The predicted molar refractivity (Wildman–Crippen MR) is 52.9 cm³/mol. The van der Waals surface area contributed by atoms with Gasteiger partial charge in [0.1, 0.15) is 6.61 Å². The lowest BCUT2D eigenvalue weighted by molar-refractivity contribution is 0.196. The van der Waals surface area contributed by atoms with E-state index in [-0.39, 0.29) is 6.61 Å². The highest BCUT2D eigenvalue weighted by molar-refractivity contribution is 5.16. The molecule has 0 spiro atoms. The van der Waals surface area contributed by atoms with Gasteiger partial charge in [0.15, 0.2) is 0 Å². The second-order valence-corrected chi connectivity index (χ2v) is 2.25. The lowest BCUT2D eigenvalue weighted by Gasteiger charge is -2.01. The molecule has 0 atom stereocenters. The van der Waals surface area contributed by atoms with Crippen LogP contribution in [0.2, 0.25) is 0 Å². The van der Waals surface area contributed by atoms with Crippen LogP contribution in [0.1, 0.15) is 19.4 Å². The van der Waals surface area contributed by atoms with Crippen LogP contribution in [0.15, 0.2) is 18.3 Å². The number of rotatable bonds is 3. The lowest BCUT2D eigenvalue weighted by atomic mass is 10.3. The Balaban J connectivity index is 0.000000671. The van der Waals surface area contributed by atoms with Crippen molar-refractivity contribution in [1.82, 2.24) is 4.98 Å². The fourth-order valence-corrected chi connectivity index (χ4v) is 0.690. The molecule has 3 heteroatoms. The molecule has 1 aromatic heterocycles. The number of hydrogen-bond donors (Lipinski definition) is 1. The molecule has 0 amide bonds. The van der Waals surface area contributed by atoms with Gasteiger partial charge in [-0.15, -0.1) is 0 Å². The van der Waals surface area contributed by atoms with E-state index < -0.39 is 0 Å². The maximum atomic E-state index is 8.43. The van der Waals surface area contributed by atoms with E-state index in [1.54, 1.807) is 12.3 Å². The molecule has 1 N–H and O–H groups in total. The summed E-state index contributed by atoms with van der Waals surface area (Å²) in [4.78, 5) is 3.98. The Kier molecular flexibility index (Phi) is 6.92. The third-order valence-corrected chi connectivity index (χ3v) is 1.23. The van der Waals surface area contributed by atoms with Crippen LogP contribution in [0.5, 0.6) is 5.88 Å². The number of pyridine rings is 1. The van der Waals surface area contributed by atoms with Gasteiger partial charge in [-0.3, -0.25) is 0 Å². The van der Waals surface area contributed by atoms with Crippen LogP contribution < -0.4 is 4.74 Å². The summed E-state index contributed by atoms with van der Waals surface area (Å²) in [6, 6.07) is 3.70. The van der Waals surface area contributed by atoms with Gasteiger partial charge in [-0.25, -0.2) is 4.98 Å². The van der Waals surface area contributed by atoms with Crippen molar-refractivity contribution >= 4 is 0 Å². The molecule has 0 unspecified atom stereocenters. The maximum absolute atomic E-state index is 8.43. The van der Waals surface area contributed by atoms with Gasteiger partial charge in [0.2, 0.25) is 5.88 Å². The maximum Gasteiger partial charge on any atom is 0.213 e. The van der Waals surface area contributed by atoms with Gasteiger partial charge < -0.3 is 9.84 Å². The average molecular weight is 183 g/mol. The van der Waals surface area contributed by atoms with E-state index in [0.717, 1.165) is 5.56 Å². The third-order valence-electron chi connectivity index (χ3n) is 1.23. The molecule has 0 fully saturated rings. The third kappa shape index (κ3) is 5.20. The number of ether oxygens (including phenoxy) is 1. The minimum absolute atomic E-state index is 0.0234. The molecule has 1 heterocycles. The van der Waals surface area contributed by atoms with Gasteiger partial charge >= 0.3 is 0 Å². The first-order valence-electron chi connectivity index (χ1n) is 4.49. The molecular weight excluding hydrogens is 166 g/mol. The van der Waals surface area contributed by atoms with Gasteiger partial charge in [0.05, 0.1) is 6.61 Å². The van der Waals surface area contributed by atoms with Gasteiger partial charge in [-0.1, -0.05) is 19.9 Å². The molecule has 0 saturated heterocycles. The molecule has 0 radical (unpaired) electrons. The molecule has 0 aromatic carbocycles. The molecular formula is C10H17NO2. The van der Waals surface area contributed by atoms with Gasteiger partial charge in [0, 0.05) is 12.3 Å². The summed E-state index contributed by atoms with van der Waals surface area (Å²) in [5.41, 5.74) is 1.10. The van der Waals surface area contributed by atoms with E-state index in [4.69, 9.17) is 9.84 Å². The summed E-state index contributed by atoms with van der Waals surface area (Å²) in [6.07, 6.45) is 1.73. The molecule has 74 valence electrons. The van der Waals surface area contributed by atoms with E-state index >= 15 is 0 Å². The van der Waals surface area contributed by atoms with Crippen molar-refractivity contribution in [3.8, 4) is 5.88 Å². The van der Waals surface area contributed by atoms with E-state index in [2.05, 4.69) is 4.98 Å². The first kappa shape index (κ1) is 11.9. The molecule has 0 aliphatic carbocycles. The molecule has 0 aliphatic rings. The van der Waals surface area contributed by atoms with E-state index in [9.17, 15) is 0 Å². The smallest absolute Gasteiger partial charge is 0.213 e. The Labute approximate surface area is 79.4 Å². The summed E-state index contributed by atoms with van der Waals surface area (Å²) >= 11 is 0. The first-order valence-corrected chi connectivity index (χ1v) is 4.49. The van der Waals surface area contributed by atoms with Crippen molar-refractivity contribution in [2.45, 2.75) is 20.8 Å². The Morgan fingerprint density at radius 1 is 1.38 bits per heavy atom. The molecule has 1 rings (SSSR count). The van der Waals surface area contributed by atoms with Crippen LogP contribution in [0.4, 0.5) is 0 Å². The summed E-state index contributed by atoms with van der Waals surface area (Å²) in [5.74, 6) is 0.560. The first-order chi connectivity index (χ1) is 6.33. The predicted octanol–water partition coefficient (Wildman–Crippen LogP) is 1.79. The van der Waals surface area contributed by atoms with E-state index in [1.807, 2.05) is 26.8 Å². The van der Waals surface area contributed by atoms with Crippen LogP contribution in [-0.2, 0) is 0 Å². The van der Waals surface area contributed by atoms with Crippen LogP contribution in [0.3, 0.4) is 0 Å². The molecule has 0 bridgehead atoms. The summed E-state index contributed by atoms with van der Waals surface area (Å²) < 4.78 is 5.05. The summed E-state index contributed by atoms with van der Waals surface area (Å²) in [7, 11) is 0. The van der Waals surface area contributed by atoms with Crippen molar-refractivity contribution in [3.05, 3.63) is 23.9 Å². The molecule has 0 aliphatic heterocycles. The fourth-order valence-electron chi connectivity index (χ4n) is 0.690. The van der Waals surface area contributed by atoms with E-state index in [0.29, 0.717) is 12.5 Å². The van der Waals surface area contributed by atoms with Crippen molar-refractivity contribution in [2.75, 3.05) is 13.2 Å². The standard InChI is InChI=1S/C8H11NO2.C2H6/c1-7-2-3-8(9-6-7)11-5-4-10;1-2/h2-3,6,10H,4-5H2,1H3;1-2H3. The van der Waals surface area contributed by atoms with Gasteiger partial charge in [-0.05, 0) is 12.5 Å². The Hall–Kier alpha value is -1.09. The fraction of sp³-hybridized carbons (Fsp3) is 0.500.